The Morgan fingerprint density at radius 2 is 1.62 bits per heavy atom. The first kappa shape index (κ1) is 15.4. The predicted octanol–water partition coefficient (Wildman–Crippen LogP) is 2.12. The van der Waals surface area contributed by atoms with E-state index in [0.29, 0.717) is 17.9 Å². The maximum Gasteiger partial charge on any atom is 0.239 e. The molecule has 0 aliphatic heterocycles. The van der Waals surface area contributed by atoms with E-state index in [0.717, 1.165) is 6.42 Å². The molecule has 0 aromatic rings. The average molecular weight is 228 g/mol. The summed E-state index contributed by atoms with van der Waals surface area (Å²) in [5, 5.41) is 3.44. The number of rotatable bonds is 6. The summed E-state index contributed by atoms with van der Waals surface area (Å²) in [6.45, 7) is 10.7. The van der Waals surface area contributed by atoms with Crippen LogP contribution in [0.1, 0.15) is 41.0 Å². The van der Waals surface area contributed by atoms with Crippen molar-refractivity contribution in [3.63, 3.8) is 0 Å². The lowest BCUT2D eigenvalue weighted by atomic mass is 9.99. The molecule has 0 aromatic carbocycles. The first-order valence-corrected chi connectivity index (χ1v) is 6.22. The van der Waals surface area contributed by atoms with Crippen LogP contribution in [0.5, 0.6) is 0 Å². The summed E-state index contributed by atoms with van der Waals surface area (Å²) in [5.41, 5.74) is 0. The first-order valence-electron chi connectivity index (χ1n) is 6.22. The molecule has 1 N–H and O–H groups in total. The highest BCUT2D eigenvalue weighted by molar-refractivity contribution is 5.81. The van der Waals surface area contributed by atoms with Crippen LogP contribution in [0.15, 0.2) is 0 Å². The SMILES string of the molecule is CC(C)CC(C)NC(C(=O)N(C)C)C(C)C. The molecule has 1 amide bonds. The second-order valence-electron chi connectivity index (χ2n) is 5.65. The fourth-order valence-electron chi connectivity index (χ4n) is 1.91. The van der Waals surface area contributed by atoms with Crippen molar-refractivity contribution in [3.05, 3.63) is 0 Å². The van der Waals surface area contributed by atoms with Gasteiger partial charge >= 0.3 is 0 Å². The lowest BCUT2D eigenvalue weighted by molar-refractivity contribution is -0.132. The van der Waals surface area contributed by atoms with Crippen molar-refractivity contribution in [3.8, 4) is 0 Å². The molecular formula is C13H28N2O. The Bertz CT molecular complexity index is 212. The maximum absolute atomic E-state index is 12.0. The van der Waals surface area contributed by atoms with Gasteiger partial charge in [0, 0.05) is 20.1 Å². The molecule has 0 aliphatic rings. The molecule has 0 saturated carbocycles. The highest BCUT2D eigenvalue weighted by Crippen LogP contribution is 2.10. The van der Waals surface area contributed by atoms with Crippen LogP contribution in [-0.4, -0.2) is 37.0 Å². The van der Waals surface area contributed by atoms with Crippen molar-refractivity contribution in [2.45, 2.75) is 53.1 Å². The van der Waals surface area contributed by atoms with Gasteiger partial charge in [-0.05, 0) is 25.2 Å². The molecule has 0 fully saturated rings. The Morgan fingerprint density at radius 1 is 1.12 bits per heavy atom. The molecule has 0 aliphatic carbocycles. The molecule has 2 unspecified atom stereocenters. The van der Waals surface area contributed by atoms with E-state index >= 15 is 0 Å². The largest absolute Gasteiger partial charge is 0.347 e. The van der Waals surface area contributed by atoms with Crippen LogP contribution in [0.25, 0.3) is 0 Å². The van der Waals surface area contributed by atoms with Crippen molar-refractivity contribution in [2.75, 3.05) is 14.1 Å². The zero-order valence-electron chi connectivity index (χ0n) is 11.9. The zero-order valence-corrected chi connectivity index (χ0v) is 11.9. The quantitative estimate of drug-likeness (QED) is 0.755. The summed E-state index contributed by atoms with van der Waals surface area (Å²) < 4.78 is 0. The normalized spacial score (nSPS) is 15.3. The first-order chi connectivity index (χ1) is 7.25. The molecule has 0 bridgehead atoms. The molecule has 2 atom stereocenters. The lowest BCUT2D eigenvalue weighted by Gasteiger charge is -2.28. The summed E-state index contributed by atoms with van der Waals surface area (Å²) in [7, 11) is 3.62. The van der Waals surface area contributed by atoms with Crippen LogP contribution in [0.4, 0.5) is 0 Å². The molecule has 0 radical (unpaired) electrons. The lowest BCUT2D eigenvalue weighted by Crippen LogP contribution is -2.50. The van der Waals surface area contributed by atoms with E-state index in [1.165, 1.54) is 0 Å². The van der Waals surface area contributed by atoms with Gasteiger partial charge in [-0.1, -0.05) is 27.7 Å². The van der Waals surface area contributed by atoms with Gasteiger partial charge in [-0.25, -0.2) is 0 Å². The van der Waals surface area contributed by atoms with Gasteiger partial charge in [0.2, 0.25) is 5.91 Å². The number of carbonyl (C=O) groups excluding carboxylic acids is 1. The van der Waals surface area contributed by atoms with Gasteiger partial charge in [0.1, 0.15) is 0 Å². The zero-order chi connectivity index (χ0) is 12.9. The number of amides is 1. The van der Waals surface area contributed by atoms with Crippen LogP contribution >= 0.6 is 0 Å². The molecule has 0 spiro atoms. The average Bonchev–Trinajstić information content (AvgIpc) is 2.11. The third-order valence-corrected chi connectivity index (χ3v) is 2.66. The van der Waals surface area contributed by atoms with Crippen molar-refractivity contribution < 1.29 is 4.79 Å². The third-order valence-electron chi connectivity index (χ3n) is 2.66. The number of hydrogen-bond donors (Lipinski definition) is 1. The van der Waals surface area contributed by atoms with Gasteiger partial charge in [-0.15, -0.1) is 0 Å². The number of carbonyl (C=O) groups is 1. The van der Waals surface area contributed by atoms with Crippen molar-refractivity contribution >= 4 is 5.91 Å². The molecule has 0 aromatic heterocycles. The van der Waals surface area contributed by atoms with E-state index in [1.807, 2.05) is 14.1 Å². The van der Waals surface area contributed by atoms with Gasteiger partial charge in [0.25, 0.3) is 0 Å². The molecule has 16 heavy (non-hydrogen) atoms. The highest BCUT2D eigenvalue weighted by Gasteiger charge is 2.24. The smallest absolute Gasteiger partial charge is 0.239 e. The third kappa shape index (κ3) is 5.50. The Morgan fingerprint density at radius 3 is 1.94 bits per heavy atom. The molecule has 0 rings (SSSR count). The molecule has 3 heteroatoms. The Hall–Kier alpha value is -0.570. The minimum atomic E-state index is -0.0660. The predicted molar refractivity (Wildman–Crippen MR) is 69.4 cm³/mol. The standard InChI is InChI=1S/C13H28N2O/c1-9(2)8-11(5)14-12(10(3)4)13(16)15(6)7/h9-12,14H,8H2,1-7H3. The van der Waals surface area contributed by atoms with Gasteiger partial charge in [-0.3, -0.25) is 4.79 Å². The number of nitrogens with zero attached hydrogens (tertiary/aromatic N) is 1. The van der Waals surface area contributed by atoms with Crippen LogP contribution < -0.4 is 5.32 Å². The van der Waals surface area contributed by atoms with Crippen LogP contribution in [-0.2, 0) is 4.79 Å². The Labute approximate surface area is 101 Å². The number of hydrogen-bond acceptors (Lipinski definition) is 2. The molecule has 3 nitrogen and oxygen atoms in total. The summed E-state index contributed by atoms with van der Waals surface area (Å²) in [6.07, 6.45) is 1.10. The van der Waals surface area contributed by atoms with Gasteiger partial charge in [0.05, 0.1) is 6.04 Å². The van der Waals surface area contributed by atoms with E-state index in [4.69, 9.17) is 0 Å². The van der Waals surface area contributed by atoms with Gasteiger partial charge < -0.3 is 10.2 Å². The van der Waals surface area contributed by atoms with E-state index in [-0.39, 0.29) is 11.9 Å². The number of nitrogens with one attached hydrogen (secondary N) is 1. The van der Waals surface area contributed by atoms with Crippen molar-refractivity contribution in [2.24, 2.45) is 11.8 Å². The summed E-state index contributed by atoms with van der Waals surface area (Å²) >= 11 is 0. The minimum absolute atomic E-state index is 0.0660. The topological polar surface area (TPSA) is 32.3 Å². The van der Waals surface area contributed by atoms with Crippen LogP contribution in [0.2, 0.25) is 0 Å². The molecule has 0 saturated heterocycles. The molecule has 0 heterocycles. The van der Waals surface area contributed by atoms with Crippen molar-refractivity contribution in [1.82, 2.24) is 10.2 Å². The fourth-order valence-corrected chi connectivity index (χ4v) is 1.91. The van der Waals surface area contributed by atoms with E-state index in [9.17, 15) is 4.79 Å². The van der Waals surface area contributed by atoms with Gasteiger partial charge in [-0.2, -0.15) is 0 Å². The van der Waals surface area contributed by atoms with Gasteiger partial charge in [0.15, 0.2) is 0 Å². The molecular weight excluding hydrogens is 200 g/mol. The summed E-state index contributed by atoms with van der Waals surface area (Å²) in [4.78, 5) is 13.6. The molecule has 96 valence electrons. The van der Waals surface area contributed by atoms with E-state index in [2.05, 4.69) is 39.9 Å². The van der Waals surface area contributed by atoms with Crippen LogP contribution in [0.3, 0.4) is 0 Å². The van der Waals surface area contributed by atoms with E-state index < -0.39 is 0 Å². The van der Waals surface area contributed by atoms with Crippen LogP contribution in [0, 0.1) is 11.8 Å². The highest BCUT2D eigenvalue weighted by atomic mass is 16.2. The minimum Gasteiger partial charge on any atom is -0.347 e. The maximum atomic E-state index is 12.0. The second-order valence-corrected chi connectivity index (χ2v) is 5.65. The Balaban J connectivity index is 4.40. The fraction of sp³-hybridized carbons (Fsp3) is 0.923. The summed E-state index contributed by atoms with van der Waals surface area (Å²) in [6, 6.07) is 0.319. The van der Waals surface area contributed by atoms with E-state index in [1.54, 1.807) is 4.90 Å². The second kappa shape index (κ2) is 6.89. The van der Waals surface area contributed by atoms with Crippen molar-refractivity contribution in [1.29, 1.82) is 0 Å². The Kier molecular flexibility index (Phi) is 6.65. The summed E-state index contributed by atoms with van der Waals surface area (Å²) in [5.74, 6) is 1.15. The number of likely N-dealkylation sites (N-methyl/N-ethyl adjacent to an activating group) is 1. The monoisotopic (exact) mass is 228 g/mol.